The summed E-state index contributed by atoms with van der Waals surface area (Å²) < 4.78 is 26.1. The smallest absolute Gasteiger partial charge is 0.319 e. The van der Waals surface area contributed by atoms with Crippen LogP contribution < -0.4 is 10.6 Å². The predicted octanol–water partition coefficient (Wildman–Crippen LogP) is 2.75. The molecule has 1 fully saturated rings. The third kappa shape index (κ3) is 3.90. The molecule has 7 heteroatoms. The fourth-order valence-electron chi connectivity index (χ4n) is 2.52. The monoisotopic (exact) mass is 272 g/mol. The molecule has 0 spiro atoms. The molecule has 3 N–H and O–H groups in total. The van der Waals surface area contributed by atoms with Crippen LogP contribution in [0.3, 0.4) is 0 Å². The molecule has 5 nitrogen and oxygen atoms in total. The molecule has 1 saturated carbocycles. The molecule has 0 radical (unpaired) electrons. The van der Waals surface area contributed by atoms with Crippen LogP contribution >= 0.6 is 0 Å². The predicted molar refractivity (Wildman–Crippen MR) is 67.1 cm³/mol. The van der Waals surface area contributed by atoms with Gasteiger partial charge in [-0.15, -0.1) is 0 Å². The number of nitrogens with zero attached hydrogens (tertiary/aromatic N) is 1. The molecule has 1 heterocycles. The standard InChI is InChI=1S/C12H18F2N4O/c13-11(14)10(8-4-2-1-3-5-8)18-12(19)17-9-6-15-16-7-9/h6-8,10-11H,1-5H2,(H,15,16)(H2,17,18,19). The lowest BCUT2D eigenvalue weighted by Gasteiger charge is -2.30. The Labute approximate surface area is 110 Å². The zero-order chi connectivity index (χ0) is 13.7. The minimum atomic E-state index is -2.54. The third-order valence-corrected chi connectivity index (χ3v) is 3.48. The van der Waals surface area contributed by atoms with Crippen molar-refractivity contribution in [1.29, 1.82) is 0 Å². The zero-order valence-electron chi connectivity index (χ0n) is 10.5. The number of aromatic nitrogens is 2. The maximum absolute atomic E-state index is 13.1. The largest absolute Gasteiger partial charge is 0.329 e. The van der Waals surface area contributed by atoms with Gasteiger partial charge >= 0.3 is 6.03 Å². The summed E-state index contributed by atoms with van der Waals surface area (Å²) in [4.78, 5) is 11.7. The van der Waals surface area contributed by atoms with Crippen molar-refractivity contribution in [3.8, 4) is 0 Å². The Morgan fingerprint density at radius 3 is 2.68 bits per heavy atom. The number of hydrogen-bond donors (Lipinski definition) is 3. The van der Waals surface area contributed by atoms with Crippen LogP contribution in [-0.2, 0) is 0 Å². The molecule has 1 aromatic rings. The van der Waals surface area contributed by atoms with Gasteiger partial charge in [-0.3, -0.25) is 5.10 Å². The normalized spacial score (nSPS) is 18.3. The van der Waals surface area contributed by atoms with Crippen molar-refractivity contribution in [2.45, 2.75) is 44.6 Å². The average molecular weight is 272 g/mol. The fraction of sp³-hybridized carbons (Fsp3) is 0.667. The summed E-state index contributed by atoms with van der Waals surface area (Å²) in [7, 11) is 0. The first-order valence-corrected chi connectivity index (χ1v) is 6.51. The number of nitrogens with one attached hydrogen (secondary N) is 3. The SMILES string of the molecule is O=C(Nc1cn[nH]c1)NC(C(F)F)C1CCCCC1. The molecule has 0 bridgehead atoms. The summed E-state index contributed by atoms with van der Waals surface area (Å²) in [5.41, 5.74) is 0.453. The molecule has 1 aliphatic rings. The van der Waals surface area contributed by atoms with Crippen molar-refractivity contribution in [3.63, 3.8) is 0 Å². The van der Waals surface area contributed by atoms with Crippen molar-refractivity contribution in [2.75, 3.05) is 5.32 Å². The molecule has 2 amide bonds. The van der Waals surface area contributed by atoms with Gasteiger partial charge in [0.1, 0.15) is 0 Å². The van der Waals surface area contributed by atoms with Crippen molar-refractivity contribution in [2.24, 2.45) is 5.92 Å². The average Bonchev–Trinajstić information content (AvgIpc) is 2.89. The van der Waals surface area contributed by atoms with E-state index in [1.165, 1.54) is 12.4 Å². The van der Waals surface area contributed by atoms with Crippen LogP contribution in [0.5, 0.6) is 0 Å². The van der Waals surface area contributed by atoms with E-state index in [0.717, 1.165) is 32.1 Å². The second-order valence-corrected chi connectivity index (χ2v) is 4.84. The number of carbonyl (C=O) groups is 1. The van der Waals surface area contributed by atoms with E-state index in [4.69, 9.17) is 0 Å². The zero-order valence-corrected chi connectivity index (χ0v) is 10.5. The second-order valence-electron chi connectivity index (χ2n) is 4.84. The summed E-state index contributed by atoms with van der Waals surface area (Å²) in [6.45, 7) is 0. The highest BCUT2D eigenvalue weighted by Crippen LogP contribution is 2.29. The highest BCUT2D eigenvalue weighted by atomic mass is 19.3. The summed E-state index contributed by atoms with van der Waals surface area (Å²) >= 11 is 0. The number of urea groups is 1. The molecule has 1 unspecified atom stereocenters. The number of amides is 2. The first kappa shape index (κ1) is 13.8. The van der Waals surface area contributed by atoms with Gasteiger partial charge < -0.3 is 10.6 Å². The number of carbonyl (C=O) groups excluding carboxylic acids is 1. The second kappa shape index (κ2) is 6.49. The summed E-state index contributed by atoms with van der Waals surface area (Å²) in [6, 6.07) is -1.69. The minimum absolute atomic E-state index is 0.135. The van der Waals surface area contributed by atoms with E-state index in [1.54, 1.807) is 0 Å². The molecule has 0 aliphatic heterocycles. The highest BCUT2D eigenvalue weighted by Gasteiger charge is 2.32. The van der Waals surface area contributed by atoms with Crippen LogP contribution in [0, 0.1) is 5.92 Å². The van der Waals surface area contributed by atoms with E-state index in [0.29, 0.717) is 5.69 Å². The number of rotatable bonds is 4. The summed E-state index contributed by atoms with van der Waals surface area (Å²) in [6.07, 6.45) is 4.86. The van der Waals surface area contributed by atoms with E-state index in [2.05, 4.69) is 20.8 Å². The number of halogens is 2. The van der Waals surface area contributed by atoms with Crippen molar-refractivity contribution in [3.05, 3.63) is 12.4 Å². The molecule has 2 rings (SSSR count). The first-order chi connectivity index (χ1) is 9.16. The molecular formula is C12H18F2N4O. The summed E-state index contributed by atoms with van der Waals surface area (Å²) in [5.74, 6) is -0.135. The number of aromatic amines is 1. The Hall–Kier alpha value is -1.66. The van der Waals surface area contributed by atoms with E-state index < -0.39 is 18.5 Å². The van der Waals surface area contributed by atoms with E-state index in [-0.39, 0.29) is 5.92 Å². The number of hydrogen-bond acceptors (Lipinski definition) is 2. The van der Waals surface area contributed by atoms with Crippen LogP contribution in [-0.4, -0.2) is 28.7 Å². The maximum atomic E-state index is 13.1. The van der Waals surface area contributed by atoms with Gasteiger partial charge in [-0.25, -0.2) is 13.6 Å². The summed E-state index contributed by atoms with van der Waals surface area (Å²) in [5, 5.41) is 11.0. The van der Waals surface area contributed by atoms with Gasteiger partial charge in [-0.05, 0) is 18.8 Å². The molecular weight excluding hydrogens is 254 g/mol. The van der Waals surface area contributed by atoms with Gasteiger partial charge in [0.15, 0.2) is 0 Å². The molecule has 1 atom stereocenters. The Morgan fingerprint density at radius 2 is 2.11 bits per heavy atom. The Morgan fingerprint density at radius 1 is 1.37 bits per heavy atom. The molecule has 0 aromatic carbocycles. The van der Waals surface area contributed by atoms with E-state index in [9.17, 15) is 13.6 Å². The van der Waals surface area contributed by atoms with Crippen LogP contribution in [0.15, 0.2) is 12.4 Å². The number of anilines is 1. The third-order valence-electron chi connectivity index (χ3n) is 3.48. The molecule has 1 aromatic heterocycles. The van der Waals surface area contributed by atoms with Gasteiger partial charge in [-0.1, -0.05) is 19.3 Å². The molecule has 19 heavy (non-hydrogen) atoms. The Bertz CT molecular complexity index is 390. The van der Waals surface area contributed by atoms with Gasteiger partial charge in [0.2, 0.25) is 0 Å². The topological polar surface area (TPSA) is 69.8 Å². The lowest BCUT2D eigenvalue weighted by molar-refractivity contribution is 0.0634. The van der Waals surface area contributed by atoms with E-state index in [1.807, 2.05) is 0 Å². The Balaban J connectivity index is 1.90. The van der Waals surface area contributed by atoms with E-state index >= 15 is 0 Å². The fourth-order valence-corrected chi connectivity index (χ4v) is 2.52. The molecule has 1 aliphatic carbocycles. The van der Waals surface area contributed by atoms with Crippen LogP contribution in [0.25, 0.3) is 0 Å². The van der Waals surface area contributed by atoms with Gasteiger partial charge in [0.05, 0.1) is 17.9 Å². The van der Waals surface area contributed by atoms with Crippen LogP contribution in [0.1, 0.15) is 32.1 Å². The van der Waals surface area contributed by atoms with Gasteiger partial charge in [0.25, 0.3) is 6.43 Å². The highest BCUT2D eigenvalue weighted by molar-refractivity contribution is 5.89. The first-order valence-electron chi connectivity index (χ1n) is 6.51. The molecule has 106 valence electrons. The lowest BCUT2D eigenvalue weighted by atomic mass is 9.84. The van der Waals surface area contributed by atoms with Crippen molar-refractivity contribution in [1.82, 2.24) is 15.5 Å². The number of alkyl halides is 2. The van der Waals surface area contributed by atoms with Crippen LogP contribution in [0.4, 0.5) is 19.3 Å². The lowest BCUT2D eigenvalue weighted by Crippen LogP contribution is -2.47. The van der Waals surface area contributed by atoms with Crippen molar-refractivity contribution < 1.29 is 13.6 Å². The minimum Gasteiger partial charge on any atom is -0.329 e. The van der Waals surface area contributed by atoms with Crippen molar-refractivity contribution >= 4 is 11.7 Å². The Kier molecular flexibility index (Phi) is 4.70. The maximum Gasteiger partial charge on any atom is 0.319 e. The quantitative estimate of drug-likeness (QED) is 0.788. The number of H-pyrrole nitrogens is 1. The van der Waals surface area contributed by atoms with Crippen LogP contribution in [0.2, 0.25) is 0 Å². The van der Waals surface area contributed by atoms with Gasteiger partial charge in [-0.2, -0.15) is 5.10 Å². The van der Waals surface area contributed by atoms with Gasteiger partial charge in [0, 0.05) is 6.20 Å². The molecule has 0 saturated heterocycles.